The number of rotatable bonds is 4. The maximum Gasteiger partial charge on any atom is 0.263 e. The number of nitrogens with one attached hydrogen (secondary N) is 1. The molecular weight excluding hydrogens is 272 g/mol. The highest BCUT2D eigenvalue weighted by Crippen LogP contribution is 2.27. The van der Waals surface area contributed by atoms with E-state index in [-0.39, 0.29) is 23.7 Å². The van der Waals surface area contributed by atoms with E-state index >= 15 is 0 Å². The number of carbonyl (C=O) groups excluding carboxylic acids is 1. The Morgan fingerprint density at radius 2 is 1.76 bits per heavy atom. The molecule has 0 unspecified atom stereocenters. The first-order chi connectivity index (χ1) is 10.1. The molecule has 3 N–H and O–H groups in total. The Bertz CT molecular complexity index is 670. The van der Waals surface area contributed by atoms with Crippen molar-refractivity contribution in [2.45, 2.75) is 0 Å². The molecule has 2 aromatic rings. The summed E-state index contributed by atoms with van der Waals surface area (Å²) in [4.78, 5) is 12.0. The fourth-order valence-corrected chi connectivity index (χ4v) is 1.70. The van der Waals surface area contributed by atoms with Gasteiger partial charge in [0.2, 0.25) is 0 Å². The van der Waals surface area contributed by atoms with Crippen LogP contribution >= 0.6 is 0 Å². The zero-order valence-electron chi connectivity index (χ0n) is 10.9. The van der Waals surface area contributed by atoms with Crippen molar-refractivity contribution in [2.75, 3.05) is 11.9 Å². The van der Waals surface area contributed by atoms with Gasteiger partial charge in [0.1, 0.15) is 28.9 Å². The molecule has 0 saturated heterocycles. The summed E-state index contributed by atoms with van der Waals surface area (Å²) >= 11 is 0. The molecule has 0 aliphatic heterocycles. The molecule has 0 saturated carbocycles. The van der Waals surface area contributed by atoms with E-state index in [0.717, 1.165) is 0 Å². The zero-order chi connectivity index (χ0) is 15.2. The highest BCUT2D eigenvalue weighted by Gasteiger charge is 2.15. The number of hydrogen-bond acceptors (Lipinski definition) is 5. The van der Waals surface area contributed by atoms with Crippen LogP contribution in [0.25, 0.3) is 0 Å². The molecule has 0 atom stereocenters. The van der Waals surface area contributed by atoms with E-state index in [2.05, 4.69) is 5.32 Å². The molecular formula is C15H12N2O4. The van der Waals surface area contributed by atoms with E-state index in [1.807, 2.05) is 6.07 Å². The molecule has 0 radical (unpaired) electrons. The van der Waals surface area contributed by atoms with Crippen LogP contribution in [0, 0.1) is 11.3 Å². The van der Waals surface area contributed by atoms with Crippen molar-refractivity contribution in [3.05, 3.63) is 48.0 Å². The third kappa shape index (κ3) is 3.42. The minimum absolute atomic E-state index is 0.0581. The zero-order valence-corrected chi connectivity index (χ0v) is 10.9. The van der Waals surface area contributed by atoms with Crippen LogP contribution in [-0.2, 0) is 0 Å². The number of nitrogens with zero attached hydrogens (tertiary/aromatic N) is 1. The van der Waals surface area contributed by atoms with Crippen LogP contribution in [0.4, 0.5) is 5.69 Å². The van der Waals surface area contributed by atoms with Gasteiger partial charge < -0.3 is 20.3 Å². The molecule has 2 aromatic carbocycles. The van der Waals surface area contributed by atoms with Gasteiger partial charge in [0.25, 0.3) is 5.91 Å². The lowest BCUT2D eigenvalue weighted by molar-refractivity contribution is 0.102. The van der Waals surface area contributed by atoms with Crippen molar-refractivity contribution in [2.24, 2.45) is 0 Å². The predicted molar refractivity (Wildman–Crippen MR) is 75.3 cm³/mol. The van der Waals surface area contributed by atoms with Gasteiger partial charge in [-0.3, -0.25) is 4.79 Å². The summed E-state index contributed by atoms with van der Waals surface area (Å²) in [5.74, 6) is -0.737. The van der Waals surface area contributed by atoms with Crippen molar-refractivity contribution in [1.82, 2.24) is 0 Å². The third-order valence-corrected chi connectivity index (χ3v) is 2.66. The summed E-state index contributed by atoms with van der Waals surface area (Å²) in [6.07, 6.45) is 0. The normalized spacial score (nSPS) is 9.67. The highest BCUT2D eigenvalue weighted by molar-refractivity contribution is 6.08. The third-order valence-electron chi connectivity index (χ3n) is 2.66. The molecule has 0 fully saturated rings. The van der Waals surface area contributed by atoms with Gasteiger partial charge in [0.05, 0.1) is 0 Å². The Morgan fingerprint density at radius 3 is 2.33 bits per heavy atom. The fourth-order valence-electron chi connectivity index (χ4n) is 1.70. The minimum Gasteiger partial charge on any atom is -0.507 e. The molecule has 0 aromatic heterocycles. The molecule has 6 nitrogen and oxygen atoms in total. The molecule has 0 spiro atoms. The second kappa shape index (κ2) is 6.30. The van der Waals surface area contributed by atoms with Crippen LogP contribution < -0.4 is 10.1 Å². The molecule has 2 rings (SSSR count). The fraction of sp³-hybridized carbons (Fsp3) is 0.0667. The molecule has 6 heteroatoms. The molecule has 0 aliphatic carbocycles. The Balaban J connectivity index is 2.11. The van der Waals surface area contributed by atoms with Crippen molar-refractivity contribution in [3.8, 4) is 23.3 Å². The standard InChI is InChI=1S/C15H12N2O4/c16-8-9-21-11-6-4-10(5-7-11)17-15(20)14-12(18)2-1-3-13(14)19/h1-7,18-19H,9H2,(H,17,20). The predicted octanol–water partition coefficient (Wildman–Crippen LogP) is 2.25. The van der Waals surface area contributed by atoms with Gasteiger partial charge in [-0.1, -0.05) is 6.07 Å². The number of nitriles is 1. The van der Waals surface area contributed by atoms with Gasteiger partial charge in [-0.25, -0.2) is 0 Å². The van der Waals surface area contributed by atoms with E-state index in [1.54, 1.807) is 24.3 Å². The first-order valence-corrected chi connectivity index (χ1v) is 6.04. The summed E-state index contributed by atoms with van der Waals surface area (Å²) in [5, 5.41) is 30.2. The number of carbonyl (C=O) groups is 1. The van der Waals surface area contributed by atoms with Crippen molar-refractivity contribution in [1.29, 1.82) is 5.26 Å². The van der Waals surface area contributed by atoms with Crippen LogP contribution in [0.2, 0.25) is 0 Å². The summed E-state index contributed by atoms with van der Waals surface area (Å²) in [6.45, 7) is -0.0581. The Hall–Kier alpha value is -3.20. The van der Waals surface area contributed by atoms with Crippen molar-refractivity contribution in [3.63, 3.8) is 0 Å². The average Bonchev–Trinajstić information content (AvgIpc) is 2.46. The second-order valence-electron chi connectivity index (χ2n) is 4.10. The van der Waals surface area contributed by atoms with Gasteiger partial charge in [0, 0.05) is 5.69 Å². The van der Waals surface area contributed by atoms with Gasteiger partial charge in [-0.05, 0) is 36.4 Å². The SMILES string of the molecule is N#CCOc1ccc(NC(=O)c2c(O)cccc2O)cc1. The quantitative estimate of drug-likeness (QED) is 0.799. The van der Waals surface area contributed by atoms with Crippen LogP contribution in [-0.4, -0.2) is 22.7 Å². The van der Waals surface area contributed by atoms with Crippen LogP contribution in [0.1, 0.15) is 10.4 Å². The summed E-state index contributed by atoms with van der Waals surface area (Å²) < 4.78 is 5.08. The number of phenols is 2. The Labute approximate surface area is 120 Å². The average molecular weight is 284 g/mol. The lowest BCUT2D eigenvalue weighted by Gasteiger charge is -2.09. The maximum atomic E-state index is 12.0. The minimum atomic E-state index is -0.628. The summed E-state index contributed by atoms with van der Waals surface area (Å²) in [5.41, 5.74) is 0.272. The van der Waals surface area contributed by atoms with Gasteiger partial charge in [0.15, 0.2) is 6.61 Å². The van der Waals surface area contributed by atoms with E-state index in [4.69, 9.17) is 10.00 Å². The largest absolute Gasteiger partial charge is 0.507 e. The molecule has 0 heterocycles. The highest BCUT2D eigenvalue weighted by atomic mass is 16.5. The van der Waals surface area contributed by atoms with Gasteiger partial charge in [-0.2, -0.15) is 5.26 Å². The number of amides is 1. The number of benzene rings is 2. The lowest BCUT2D eigenvalue weighted by Crippen LogP contribution is -2.12. The Morgan fingerprint density at radius 1 is 1.14 bits per heavy atom. The number of phenolic OH excluding ortho intramolecular Hbond substituents is 2. The molecule has 21 heavy (non-hydrogen) atoms. The van der Waals surface area contributed by atoms with E-state index in [9.17, 15) is 15.0 Å². The smallest absolute Gasteiger partial charge is 0.263 e. The van der Waals surface area contributed by atoms with E-state index in [1.165, 1.54) is 18.2 Å². The number of ether oxygens (including phenoxy) is 1. The Kier molecular flexibility index (Phi) is 4.26. The first kappa shape index (κ1) is 14.2. The van der Waals surface area contributed by atoms with E-state index < -0.39 is 5.91 Å². The number of anilines is 1. The molecule has 106 valence electrons. The van der Waals surface area contributed by atoms with Gasteiger partial charge >= 0.3 is 0 Å². The van der Waals surface area contributed by atoms with Crippen LogP contribution in [0.5, 0.6) is 17.2 Å². The summed E-state index contributed by atoms with van der Waals surface area (Å²) in [7, 11) is 0. The second-order valence-corrected chi connectivity index (χ2v) is 4.10. The van der Waals surface area contributed by atoms with Crippen LogP contribution in [0.15, 0.2) is 42.5 Å². The number of aromatic hydroxyl groups is 2. The van der Waals surface area contributed by atoms with Gasteiger partial charge in [-0.15, -0.1) is 0 Å². The maximum absolute atomic E-state index is 12.0. The van der Waals surface area contributed by atoms with Crippen molar-refractivity contribution < 1.29 is 19.7 Å². The molecule has 1 amide bonds. The molecule has 0 bridgehead atoms. The van der Waals surface area contributed by atoms with Crippen LogP contribution in [0.3, 0.4) is 0 Å². The monoisotopic (exact) mass is 284 g/mol. The lowest BCUT2D eigenvalue weighted by atomic mass is 10.1. The van der Waals surface area contributed by atoms with E-state index in [0.29, 0.717) is 11.4 Å². The first-order valence-electron chi connectivity index (χ1n) is 6.04. The number of hydrogen-bond donors (Lipinski definition) is 3. The summed E-state index contributed by atoms with van der Waals surface area (Å²) in [6, 6.07) is 12.3. The topological polar surface area (TPSA) is 103 Å². The van der Waals surface area contributed by atoms with Crippen molar-refractivity contribution >= 4 is 11.6 Å². The molecule has 0 aliphatic rings.